The highest BCUT2D eigenvalue weighted by Gasteiger charge is 2.56. The Balaban J connectivity index is 2.01. The van der Waals surface area contributed by atoms with Gasteiger partial charge in [0.15, 0.2) is 0 Å². The molecule has 0 saturated carbocycles. The van der Waals surface area contributed by atoms with Crippen molar-refractivity contribution in [3.63, 3.8) is 0 Å². The molecule has 2 aromatic rings. The Morgan fingerprint density at radius 3 is 2.48 bits per heavy atom. The molecular formula is C26H35F2N5O6S. The fourth-order valence-electron chi connectivity index (χ4n) is 4.44. The van der Waals surface area contributed by atoms with E-state index in [1.54, 1.807) is 30.3 Å². The van der Waals surface area contributed by atoms with Crippen molar-refractivity contribution in [2.75, 3.05) is 29.5 Å². The summed E-state index contributed by atoms with van der Waals surface area (Å²) in [6.07, 6.45) is -2.72. The summed E-state index contributed by atoms with van der Waals surface area (Å²) in [7, 11) is -2.46. The molecule has 1 aliphatic heterocycles. The first-order chi connectivity index (χ1) is 18.6. The fraction of sp³-hybridized carbons (Fsp3) is 0.500. The van der Waals surface area contributed by atoms with Crippen LogP contribution in [0.1, 0.15) is 42.6 Å². The highest BCUT2D eigenvalue weighted by atomic mass is 32.2. The van der Waals surface area contributed by atoms with Crippen molar-refractivity contribution >= 4 is 33.7 Å². The van der Waals surface area contributed by atoms with Crippen molar-refractivity contribution < 1.29 is 37.0 Å². The summed E-state index contributed by atoms with van der Waals surface area (Å²) in [4.78, 5) is 30.0. The van der Waals surface area contributed by atoms with Gasteiger partial charge in [0.2, 0.25) is 10.0 Å². The predicted octanol–water partition coefficient (Wildman–Crippen LogP) is 2.78. The maximum absolute atomic E-state index is 14.8. The van der Waals surface area contributed by atoms with Gasteiger partial charge in [-0.05, 0) is 37.5 Å². The molecule has 220 valence electrons. The molecule has 0 radical (unpaired) electrons. The van der Waals surface area contributed by atoms with Crippen LogP contribution in [0.2, 0.25) is 0 Å². The quantitative estimate of drug-likeness (QED) is 0.315. The molecule has 1 aliphatic rings. The van der Waals surface area contributed by atoms with E-state index >= 15 is 0 Å². The van der Waals surface area contributed by atoms with Crippen molar-refractivity contribution in [2.24, 2.45) is 0 Å². The van der Waals surface area contributed by atoms with E-state index in [0.29, 0.717) is 16.9 Å². The highest BCUT2D eigenvalue weighted by molar-refractivity contribution is 7.92. The number of aliphatic hydroxyl groups excluding tert-OH is 1. The van der Waals surface area contributed by atoms with Gasteiger partial charge in [-0.1, -0.05) is 37.3 Å². The average molecular weight is 584 g/mol. The first kappa shape index (κ1) is 31.0. The van der Waals surface area contributed by atoms with Crippen LogP contribution in [0.15, 0.2) is 42.5 Å². The van der Waals surface area contributed by atoms with Crippen LogP contribution in [0.25, 0.3) is 0 Å². The van der Waals surface area contributed by atoms with Crippen molar-refractivity contribution in [1.29, 1.82) is 0 Å². The van der Waals surface area contributed by atoms with Gasteiger partial charge in [0.05, 0.1) is 12.3 Å². The minimum absolute atomic E-state index is 0.0372. The van der Waals surface area contributed by atoms with Crippen LogP contribution in [-0.4, -0.2) is 90.5 Å². The van der Waals surface area contributed by atoms with Crippen molar-refractivity contribution in [1.82, 2.24) is 15.2 Å². The Bertz CT molecular complexity index is 1310. The number of amides is 2. The van der Waals surface area contributed by atoms with Gasteiger partial charge in [0.1, 0.15) is 23.8 Å². The summed E-state index contributed by atoms with van der Waals surface area (Å²) in [6, 6.07) is 7.69. The summed E-state index contributed by atoms with van der Waals surface area (Å²) in [5.41, 5.74) is 0.575. The van der Waals surface area contributed by atoms with Crippen LogP contribution in [0.3, 0.4) is 0 Å². The lowest BCUT2D eigenvalue weighted by Crippen LogP contribution is -2.58. The molecule has 4 N–H and O–H groups in total. The molecule has 3 unspecified atom stereocenters. The topological polar surface area (TPSA) is 152 Å². The number of nitrogens with zero attached hydrogens (tertiary/aromatic N) is 3. The predicted molar refractivity (Wildman–Crippen MR) is 146 cm³/mol. The summed E-state index contributed by atoms with van der Waals surface area (Å²) in [5.74, 6) is -4.15. The Morgan fingerprint density at radius 1 is 1.25 bits per heavy atom. The van der Waals surface area contributed by atoms with Crippen LogP contribution in [0, 0.1) is 0 Å². The number of likely N-dealkylation sites (tertiary alicyclic amines) is 1. The number of hydrogen-bond acceptors (Lipinski definition) is 7. The lowest BCUT2D eigenvalue weighted by atomic mass is 9.93. The van der Waals surface area contributed by atoms with E-state index in [1.807, 2.05) is 13.8 Å². The number of pyridine rings is 1. The second-order valence-electron chi connectivity index (χ2n) is 9.98. The van der Waals surface area contributed by atoms with E-state index in [9.17, 15) is 37.0 Å². The molecule has 40 heavy (non-hydrogen) atoms. The number of sulfonamides is 1. The minimum atomic E-state index is -3.74. The Labute approximate surface area is 232 Å². The molecule has 4 atom stereocenters. The number of benzene rings is 1. The van der Waals surface area contributed by atoms with Gasteiger partial charge < -0.3 is 20.8 Å². The molecule has 3 rings (SSSR count). The third-order valence-corrected chi connectivity index (χ3v) is 8.13. The summed E-state index contributed by atoms with van der Waals surface area (Å²) >= 11 is 0. The normalized spacial score (nSPS) is 19.0. The third-order valence-electron chi connectivity index (χ3n) is 6.95. The van der Waals surface area contributed by atoms with Gasteiger partial charge in [-0.3, -0.25) is 14.0 Å². The SMILES string of the molecule is CC[C@H](C)Nc1cc(C(=O)NC(Cc2ccccc2)C(O)C2N(C(=O)O)CCC2(F)F)cc(N(C)S(C)(=O)=O)n1. The molecule has 2 heterocycles. The van der Waals surface area contributed by atoms with E-state index in [1.165, 1.54) is 19.2 Å². The van der Waals surface area contributed by atoms with Crippen molar-refractivity contribution in [2.45, 2.75) is 63.3 Å². The van der Waals surface area contributed by atoms with Crippen molar-refractivity contribution in [3.8, 4) is 0 Å². The number of aliphatic hydroxyl groups is 1. The van der Waals surface area contributed by atoms with Crippen molar-refractivity contribution in [3.05, 3.63) is 53.6 Å². The van der Waals surface area contributed by atoms with E-state index in [2.05, 4.69) is 15.6 Å². The van der Waals surface area contributed by atoms with E-state index in [4.69, 9.17) is 0 Å². The second-order valence-corrected chi connectivity index (χ2v) is 12.0. The van der Waals surface area contributed by atoms with Gasteiger partial charge in [-0.2, -0.15) is 0 Å². The molecule has 0 spiro atoms. The maximum Gasteiger partial charge on any atom is 0.407 e. The lowest BCUT2D eigenvalue weighted by molar-refractivity contribution is -0.0839. The molecule has 1 aromatic carbocycles. The summed E-state index contributed by atoms with van der Waals surface area (Å²) < 4.78 is 54.9. The smallest absolute Gasteiger partial charge is 0.407 e. The molecule has 0 aliphatic carbocycles. The number of aromatic nitrogens is 1. The zero-order valence-electron chi connectivity index (χ0n) is 22.7. The Morgan fingerprint density at radius 2 is 1.90 bits per heavy atom. The number of nitrogens with one attached hydrogen (secondary N) is 2. The highest BCUT2D eigenvalue weighted by Crippen LogP contribution is 2.37. The van der Waals surface area contributed by atoms with Gasteiger partial charge >= 0.3 is 6.09 Å². The van der Waals surface area contributed by atoms with Gasteiger partial charge in [-0.25, -0.2) is 27.0 Å². The summed E-state index contributed by atoms with van der Waals surface area (Å²) in [5, 5.41) is 26.3. The summed E-state index contributed by atoms with van der Waals surface area (Å²) in [6.45, 7) is 3.33. The number of carbonyl (C=O) groups is 2. The van der Waals surface area contributed by atoms with Gasteiger partial charge in [-0.15, -0.1) is 0 Å². The standard InChI is InChI=1S/C26H35F2N5O6S/c1-5-16(2)29-20-14-18(15-21(31-20)32(3)40(4,38)39)24(35)30-19(13-17-9-7-6-8-10-17)22(34)23-26(27,28)11-12-33(23)25(36)37/h6-10,14-16,19,22-23,34H,5,11-13H2,1-4H3,(H,29,31)(H,30,35)(H,36,37)/t16-,19?,22?,23?/m0/s1. The average Bonchev–Trinajstić information content (AvgIpc) is 3.22. The molecule has 11 nitrogen and oxygen atoms in total. The molecule has 14 heteroatoms. The number of hydrogen-bond donors (Lipinski definition) is 4. The Hall–Kier alpha value is -3.52. The molecule has 2 amide bonds. The van der Waals surface area contributed by atoms with E-state index in [0.717, 1.165) is 10.6 Å². The minimum Gasteiger partial charge on any atom is -0.465 e. The third kappa shape index (κ3) is 7.36. The zero-order valence-corrected chi connectivity index (χ0v) is 23.5. The Kier molecular flexibility index (Phi) is 9.56. The number of anilines is 2. The van der Waals surface area contributed by atoms with E-state index < -0.39 is 59.1 Å². The number of carboxylic acid groups (broad SMARTS) is 1. The molecule has 1 aromatic heterocycles. The van der Waals surface area contributed by atoms with Gasteiger partial charge in [0.25, 0.3) is 11.8 Å². The first-order valence-electron chi connectivity index (χ1n) is 12.8. The monoisotopic (exact) mass is 583 g/mol. The maximum atomic E-state index is 14.8. The molecular weight excluding hydrogens is 548 g/mol. The van der Waals surface area contributed by atoms with E-state index in [-0.39, 0.29) is 29.7 Å². The largest absolute Gasteiger partial charge is 0.465 e. The number of carbonyl (C=O) groups excluding carboxylic acids is 1. The number of rotatable bonds is 11. The molecule has 0 bridgehead atoms. The van der Waals surface area contributed by atoms with Gasteiger partial charge in [0, 0.05) is 31.6 Å². The van der Waals surface area contributed by atoms with Crippen LogP contribution in [-0.2, 0) is 16.4 Å². The van der Waals surface area contributed by atoms with Crippen LogP contribution < -0.4 is 14.9 Å². The van der Waals surface area contributed by atoms with Crippen LogP contribution in [0.4, 0.5) is 25.2 Å². The number of alkyl halides is 2. The zero-order chi connectivity index (χ0) is 29.8. The lowest BCUT2D eigenvalue weighted by Gasteiger charge is -2.35. The molecule has 1 fully saturated rings. The second kappa shape index (κ2) is 12.3. The fourth-order valence-corrected chi connectivity index (χ4v) is 4.87. The first-order valence-corrected chi connectivity index (χ1v) is 14.6. The van der Waals surface area contributed by atoms with Crippen LogP contribution >= 0.6 is 0 Å². The molecule has 1 saturated heterocycles. The number of halogens is 2. The van der Waals surface area contributed by atoms with Crippen LogP contribution in [0.5, 0.6) is 0 Å².